The zero-order valence-electron chi connectivity index (χ0n) is 12.4. The van der Waals surface area contributed by atoms with Crippen molar-refractivity contribution in [3.05, 3.63) is 58.7 Å². The third-order valence-corrected chi connectivity index (χ3v) is 4.54. The molecule has 0 bridgehead atoms. The van der Waals surface area contributed by atoms with Gasteiger partial charge in [0.25, 0.3) is 0 Å². The summed E-state index contributed by atoms with van der Waals surface area (Å²) >= 11 is 0. The van der Waals surface area contributed by atoms with Gasteiger partial charge in [-0.1, -0.05) is 50.2 Å². The molecule has 1 heteroatoms. The van der Waals surface area contributed by atoms with Crippen molar-refractivity contribution in [1.29, 1.82) is 0 Å². The third kappa shape index (κ3) is 2.27. The minimum atomic E-state index is 0.242. The van der Waals surface area contributed by atoms with Gasteiger partial charge in [0.2, 0.25) is 0 Å². The van der Waals surface area contributed by atoms with Crippen molar-refractivity contribution in [3.8, 4) is 11.1 Å². The van der Waals surface area contributed by atoms with E-state index >= 15 is 0 Å². The predicted molar refractivity (Wildman–Crippen MR) is 85.9 cm³/mol. The minimum Gasteiger partial charge on any atom is -0.324 e. The summed E-state index contributed by atoms with van der Waals surface area (Å²) in [4.78, 5) is 0. The fourth-order valence-corrected chi connectivity index (χ4v) is 3.24. The van der Waals surface area contributed by atoms with Crippen molar-refractivity contribution in [2.75, 3.05) is 0 Å². The normalized spacial score (nSPS) is 17.2. The van der Waals surface area contributed by atoms with Crippen LogP contribution in [-0.4, -0.2) is 0 Å². The van der Waals surface area contributed by atoms with E-state index in [0.717, 1.165) is 25.7 Å². The molecule has 0 aliphatic heterocycles. The van der Waals surface area contributed by atoms with Gasteiger partial charge < -0.3 is 5.73 Å². The number of benzene rings is 2. The van der Waals surface area contributed by atoms with Gasteiger partial charge in [-0.25, -0.2) is 0 Å². The molecule has 0 radical (unpaired) electrons. The highest BCUT2D eigenvalue weighted by Gasteiger charge is 2.19. The number of rotatable bonds is 3. The molecule has 0 heterocycles. The second kappa shape index (κ2) is 5.41. The lowest BCUT2D eigenvalue weighted by molar-refractivity contribution is 0.713. The van der Waals surface area contributed by atoms with Crippen LogP contribution in [0.1, 0.15) is 48.6 Å². The van der Waals surface area contributed by atoms with Gasteiger partial charge in [0.1, 0.15) is 0 Å². The molecule has 1 aliphatic rings. The Morgan fingerprint density at radius 1 is 1.05 bits per heavy atom. The molecule has 0 aromatic heterocycles. The van der Waals surface area contributed by atoms with Crippen LogP contribution < -0.4 is 5.73 Å². The van der Waals surface area contributed by atoms with Crippen LogP contribution >= 0.6 is 0 Å². The van der Waals surface area contributed by atoms with E-state index in [1.807, 2.05) is 0 Å². The second-order valence-electron chi connectivity index (χ2n) is 5.76. The van der Waals surface area contributed by atoms with Crippen LogP contribution in [0.25, 0.3) is 11.1 Å². The van der Waals surface area contributed by atoms with Crippen LogP contribution in [0.2, 0.25) is 0 Å². The predicted octanol–water partition coefficient (Wildman–Crippen LogP) is 4.42. The molecule has 0 spiro atoms. The van der Waals surface area contributed by atoms with Gasteiger partial charge in [-0.05, 0) is 59.1 Å². The Balaban J connectivity index is 2.09. The average Bonchev–Trinajstić information content (AvgIpc) is 2.87. The Bertz CT molecular complexity index is 628. The van der Waals surface area contributed by atoms with Gasteiger partial charge in [-0.15, -0.1) is 0 Å². The first-order valence-electron chi connectivity index (χ1n) is 7.73. The minimum absolute atomic E-state index is 0.242. The Hall–Kier alpha value is -1.60. The van der Waals surface area contributed by atoms with Gasteiger partial charge >= 0.3 is 0 Å². The molecule has 0 saturated heterocycles. The summed E-state index contributed by atoms with van der Waals surface area (Å²) < 4.78 is 0. The SMILES string of the molecule is CCc1ccc(CC)c(-c2ccc3c(c2)CCC3N)c1. The van der Waals surface area contributed by atoms with E-state index in [9.17, 15) is 0 Å². The molecular weight excluding hydrogens is 242 g/mol. The van der Waals surface area contributed by atoms with Gasteiger partial charge in [0.05, 0.1) is 0 Å². The number of hydrogen-bond donors (Lipinski definition) is 1. The first-order valence-corrected chi connectivity index (χ1v) is 7.73. The summed E-state index contributed by atoms with van der Waals surface area (Å²) in [6, 6.07) is 14.0. The van der Waals surface area contributed by atoms with Gasteiger partial charge in [-0.3, -0.25) is 0 Å². The van der Waals surface area contributed by atoms with E-state index in [2.05, 4.69) is 50.2 Å². The number of hydrogen-bond acceptors (Lipinski definition) is 1. The molecule has 1 nitrogen and oxygen atoms in total. The van der Waals surface area contributed by atoms with Crippen molar-refractivity contribution in [3.63, 3.8) is 0 Å². The second-order valence-corrected chi connectivity index (χ2v) is 5.76. The molecule has 0 saturated carbocycles. The first-order chi connectivity index (χ1) is 9.72. The molecule has 2 aromatic carbocycles. The van der Waals surface area contributed by atoms with Gasteiger partial charge in [0, 0.05) is 6.04 Å². The Morgan fingerprint density at radius 2 is 1.90 bits per heavy atom. The molecule has 104 valence electrons. The van der Waals surface area contributed by atoms with Crippen LogP contribution in [0.5, 0.6) is 0 Å². The lowest BCUT2D eigenvalue weighted by Crippen LogP contribution is -2.04. The molecule has 2 aromatic rings. The van der Waals surface area contributed by atoms with Crippen molar-refractivity contribution < 1.29 is 0 Å². The van der Waals surface area contributed by atoms with Crippen LogP contribution in [-0.2, 0) is 19.3 Å². The topological polar surface area (TPSA) is 26.0 Å². The molecule has 3 rings (SSSR count). The van der Waals surface area contributed by atoms with Crippen molar-refractivity contribution in [2.45, 2.75) is 45.6 Å². The summed E-state index contributed by atoms with van der Waals surface area (Å²) in [6.07, 6.45) is 4.39. The Labute approximate surface area is 121 Å². The summed E-state index contributed by atoms with van der Waals surface area (Å²) in [5.41, 5.74) is 14.5. The maximum atomic E-state index is 6.14. The lowest BCUT2D eigenvalue weighted by Gasteiger charge is -2.12. The highest BCUT2D eigenvalue weighted by Crippen LogP contribution is 2.34. The van der Waals surface area contributed by atoms with E-state index in [1.54, 1.807) is 0 Å². The highest BCUT2D eigenvalue weighted by molar-refractivity contribution is 5.70. The fraction of sp³-hybridized carbons (Fsp3) is 0.368. The highest BCUT2D eigenvalue weighted by atomic mass is 14.6. The van der Waals surface area contributed by atoms with Gasteiger partial charge in [0.15, 0.2) is 0 Å². The van der Waals surface area contributed by atoms with E-state index in [1.165, 1.54) is 33.4 Å². The lowest BCUT2D eigenvalue weighted by atomic mass is 9.93. The smallest absolute Gasteiger partial charge is 0.0300 e. The summed E-state index contributed by atoms with van der Waals surface area (Å²) in [7, 11) is 0. The molecule has 0 fully saturated rings. The quantitative estimate of drug-likeness (QED) is 0.873. The van der Waals surface area contributed by atoms with E-state index in [-0.39, 0.29) is 6.04 Å². The van der Waals surface area contributed by atoms with E-state index in [4.69, 9.17) is 5.73 Å². The third-order valence-electron chi connectivity index (χ3n) is 4.54. The first kappa shape index (κ1) is 13.4. The fourth-order valence-electron chi connectivity index (χ4n) is 3.24. The Morgan fingerprint density at radius 3 is 2.65 bits per heavy atom. The van der Waals surface area contributed by atoms with Gasteiger partial charge in [-0.2, -0.15) is 0 Å². The maximum Gasteiger partial charge on any atom is 0.0300 e. The van der Waals surface area contributed by atoms with Crippen molar-refractivity contribution in [1.82, 2.24) is 0 Å². The summed E-state index contributed by atoms with van der Waals surface area (Å²) in [5.74, 6) is 0. The van der Waals surface area contributed by atoms with E-state index in [0.29, 0.717) is 0 Å². The standard InChI is InChI=1S/C19H23N/c1-3-13-5-6-14(4-2)18(11-13)16-7-9-17-15(12-16)8-10-19(17)20/h5-7,9,11-12,19H,3-4,8,10,20H2,1-2H3. The van der Waals surface area contributed by atoms with Crippen LogP contribution in [0.3, 0.4) is 0 Å². The summed E-state index contributed by atoms with van der Waals surface area (Å²) in [6.45, 7) is 4.44. The monoisotopic (exact) mass is 265 g/mol. The molecular formula is C19H23N. The Kier molecular flexibility index (Phi) is 3.62. The molecule has 0 amide bonds. The molecule has 1 aliphatic carbocycles. The molecule has 1 atom stereocenters. The van der Waals surface area contributed by atoms with Crippen LogP contribution in [0.4, 0.5) is 0 Å². The van der Waals surface area contributed by atoms with Crippen molar-refractivity contribution >= 4 is 0 Å². The number of fused-ring (bicyclic) bond motifs is 1. The van der Waals surface area contributed by atoms with E-state index < -0.39 is 0 Å². The average molecular weight is 265 g/mol. The number of aryl methyl sites for hydroxylation is 3. The maximum absolute atomic E-state index is 6.14. The van der Waals surface area contributed by atoms with Crippen LogP contribution in [0.15, 0.2) is 36.4 Å². The van der Waals surface area contributed by atoms with Crippen LogP contribution in [0, 0.1) is 0 Å². The molecule has 20 heavy (non-hydrogen) atoms. The zero-order chi connectivity index (χ0) is 14.1. The largest absolute Gasteiger partial charge is 0.324 e. The van der Waals surface area contributed by atoms with Crippen molar-refractivity contribution in [2.24, 2.45) is 5.73 Å². The number of nitrogens with two attached hydrogens (primary N) is 1. The molecule has 2 N–H and O–H groups in total. The summed E-state index contributed by atoms with van der Waals surface area (Å²) in [5, 5.41) is 0. The zero-order valence-corrected chi connectivity index (χ0v) is 12.4. The molecule has 1 unspecified atom stereocenters.